The molecule has 1 atom stereocenters. The average molecular weight is 500 g/mol. The first-order valence-corrected chi connectivity index (χ1v) is 11.0. The summed E-state index contributed by atoms with van der Waals surface area (Å²) in [6, 6.07) is 6.06. The van der Waals surface area contributed by atoms with Crippen LogP contribution in [0.15, 0.2) is 41.3 Å². The summed E-state index contributed by atoms with van der Waals surface area (Å²) in [5.41, 5.74) is 0.0736. The highest BCUT2D eigenvalue weighted by Crippen LogP contribution is 2.36. The van der Waals surface area contributed by atoms with Gasteiger partial charge in [0.05, 0.1) is 6.54 Å². The minimum Gasteiger partial charge on any atom is -0.329 e. The molecule has 5 rings (SSSR count). The molecular formula is C24H20F4N6O2. The van der Waals surface area contributed by atoms with Crippen LogP contribution < -0.4 is 10.5 Å². The molecule has 4 heterocycles. The monoisotopic (exact) mass is 500 g/mol. The fraction of sp³-hybridized carbons (Fsp3) is 0.292. The Morgan fingerprint density at radius 1 is 1.06 bits per heavy atom. The third kappa shape index (κ3) is 4.28. The zero-order valence-electron chi connectivity index (χ0n) is 19.5. The molecule has 0 aliphatic carbocycles. The average Bonchev–Trinajstić information content (AvgIpc) is 2.81. The van der Waals surface area contributed by atoms with E-state index in [-0.39, 0.29) is 34.8 Å². The number of anilines is 1. The Hall–Kier alpha value is -3.93. The Balaban J connectivity index is 1.70. The number of ether oxygens (including phenoxy) is 1. The molecule has 0 bridgehead atoms. The van der Waals surface area contributed by atoms with Crippen LogP contribution in [0.3, 0.4) is 0 Å². The smallest absolute Gasteiger partial charge is 0.329 e. The Labute approximate surface area is 202 Å². The molecule has 3 aromatic heterocycles. The third-order valence-corrected chi connectivity index (χ3v) is 5.98. The van der Waals surface area contributed by atoms with Crippen molar-refractivity contribution in [1.82, 2.24) is 24.5 Å². The predicted octanol–water partition coefficient (Wildman–Crippen LogP) is 3.85. The van der Waals surface area contributed by atoms with E-state index in [1.165, 1.54) is 22.7 Å². The van der Waals surface area contributed by atoms with E-state index in [0.717, 1.165) is 12.1 Å². The van der Waals surface area contributed by atoms with Gasteiger partial charge in [-0.1, -0.05) is 0 Å². The number of pyridine rings is 1. The molecule has 4 aromatic rings. The van der Waals surface area contributed by atoms with Crippen LogP contribution in [-0.4, -0.2) is 43.7 Å². The van der Waals surface area contributed by atoms with Crippen LogP contribution in [-0.2, 0) is 11.8 Å². The standard InChI is InChI=1S/C24H20F4N6O2/c1-12-8-14(6-7-29-12)18-10-34(11-24(27,28)36-18)23-31-19(16-5-4-15(25)9-17(16)26)20-21(32-23)22(35)33(3)13(2)30-20/h4-9,18H,10-11H2,1-3H3/t18-/m1/s1. The van der Waals surface area contributed by atoms with Crippen molar-refractivity contribution in [3.63, 3.8) is 0 Å². The summed E-state index contributed by atoms with van der Waals surface area (Å²) < 4.78 is 64.1. The van der Waals surface area contributed by atoms with E-state index in [4.69, 9.17) is 4.74 Å². The van der Waals surface area contributed by atoms with Crippen LogP contribution in [0.4, 0.5) is 23.5 Å². The SMILES string of the molecule is Cc1cc([C@H]2CN(c3nc(-c4ccc(F)cc4F)c4nc(C)n(C)c(=O)c4n3)CC(F)(F)O2)ccn1. The second kappa shape index (κ2) is 8.63. The van der Waals surface area contributed by atoms with Crippen molar-refractivity contribution in [3.8, 4) is 11.3 Å². The van der Waals surface area contributed by atoms with Crippen molar-refractivity contribution in [2.24, 2.45) is 7.05 Å². The molecule has 1 saturated heterocycles. The summed E-state index contributed by atoms with van der Waals surface area (Å²) >= 11 is 0. The zero-order valence-corrected chi connectivity index (χ0v) is 19.5. The van der Waals surface area contributed by atoms with Gasteiger partial charge in [-0.05, 0) is 43.7 Å². The van der Waals surface area contributed by atoms with E-state index in [1.54, 1.807) is 26.0 Å². The number of benzene rings is 1. The maximum atomic E-state index is 14.8. The fourth-order valence-corrected chi connectivity index (χ4v) is 4.11. The number of morpholine rings is 1. The first-order valence-electron chi connectivity index (χ1n) is 11.0. The predicted molar refractivity (Wildman–Crippen MR) is 123 cm³/mol. The second-order valence-corrected chi connectivity index (χ2v) is 8.57. The number of fused-ring (bicyclic) bond motifs is 1. The van der Waals surface area contributed by atoms with Gasteiger partial charge in [0.25, 0.3) is 5.56 Å². The van der Waals surface area contributed by atoms with Gasteiger partial charge in [-0.3, -0.25) is 14.3 Å². The molecule has 0 unspecified atom stereocenters. The molecule has 12 heteroatoms. The molecule has 36 heavy (non-hydrogen) atoms. The van der Waals surface area contributed by atoms with Gasteiger partial charge >= 0.3 is 6.11 Å². The van der Waals surface area contributed by atoms with Gasteiger partial charge in [0.15, 0.2) is 5.52 Å². The highest BCUT2D eigenvalue weighted by molar-refractivity contribution is 5.89. The van der Waals surface area contributed by atoms with E-state index in [9.17, 15) is 22.4 Å². The summed E-state index contributed by atoms with van der Waals surface area (Å²) in [6.45, 7) is 2.33. The fourth-order valence-electron chi connectivity index (χ4n) is 4.11. The molecule has 0 radical (unpaired) electrons. The maximum Gasteiger partial charge on any atom is 0.373 e. The van der Waals surface area contributed by atoms with E-state index in [2.05, 4.69) is 19.9 Å². The van der Waals surface area contributed by atoms with E-state index < -0.39 is 36.0 Å². The van der Waals surface area contributed by atoms with Crippen LogP contribution >= 0.6 is 0 Å². The number of aromatic nitrogens is 5. The summed E-state index contributed by atoms with van der Waals surface area (Å²) in [4.78, 5) is 31.2. The summed E-state index contributed by atoms with van der Waals surface area (Å²) in [6.07, 6.45) is -3.14. The van der Waals surface area contributed by atoms with E-state index >= 15 is 0 Å². The Bertz CT molecular complexity index is 1560. The van der Waals surface area contributed by atoms with Crippen LogP contribution in [0.5, 0.6) is 0 Å². The molecule has 0 spiro atoms. The van der Waals surface area contributed by atoms with Gasteiger partial charge in [-0.15, -0.1) is 0 Å². The van der Waals surface area contributed by atoms with E-state index in [1.807, 2.05) is 0 Å². The lowest BCUT2D eigenvalue weighted by Crippen LogP contribution is -2.49. The second-order valence-electron chi connectivity index (χ2n) is 8.57. The lowest BCUT2D eigenvalue weighted by atomic mass is 10.1. The topological polar surface area (TPSA) is 86.0 Å². The highest BCUT2D eigenvalue weighted by atomic mass is 19.3. The van der Waals surface area contributed by atoms with Gasteiger partial charge in [-0.2, -0.15) is 8.78 Å². The Morgan fingerprint density at radius 3 is 2.56 bits per heavy atom. The molecule has 0 saturated carbocycles. The minimum atomic E-state index is -3.57. The molecule has 1 aliphatic heterocycles. The number of halogens is 4. The number of alkyl halides is 2. The maximum absolute atomic E-state index is 14.8. The molecule has 1 aromatic carbocycles. The van der Waals surface area contributed by atoms with Crippen molar-refractivity contribution < 1.29 is 22.3 Å². The van der Waals surface area contributed by atoms with Gasteiger partial charge in [0.2, 0.25) is 5.95 Å². The van der Waals surface area contributed by atoms with Crippen molar-refractivity contribution >= 4 is 17.0 Å². The van der Waals surface area contributed by atoms with E-state index in [0.29, 0.717) is 23.1 Å². The molecule has 1 aliphatic rings. The normalized spacial score (nSPS) is 17.5. The van der Waals surface area contributed by atoms with Crippen LogP contribution in [0.25, 0.3) is 22.3 Å². The Kier molecular flexibility index (Phi) is 5.70. The molecule has 0 N–H and O–H groups in total. The summed E-state index contributed by atoms with van der Waals surface area (Å²) in [5.74, 6) is -1.68. The van der Waals surface area contributed by atoms with Crippen LogP contribution in [0, 0.1) is 25.5 Å². The first-order chi connectivity index (χ1) is 17.0. The lowest BCUT2D eigenvalue weighted by molar-refractivity contribution is -0.269. The number of nitrogens with zero attached hydrogens (tertiary/aromatic N) is 6. The number of hydrogen-bond donors (Lipinski definition) is 0. The zero-order chi connectivity index (χ0) is 25.8. The summed E-state index contributed by atoms with van der Waals surface area (Å²) in [5, 5.41) is 0. The number of hydrogen-bond acceptors (Lipinski definition) is 7. The van der Waals surface area contributed by atoms with Crippen molar-refractivity contribution in [2.75, 3.05) is 18.0 Å². The molecule has 1 fully saturated rings. The minimum absolute atomic E-state index is 0.0220. The highest BCUT2D eigenvalue weighted by Gasteiger charge is 2.43. The molecule has 186 valence electrons. The van der Waals surface area contributed by atoms with Crippen LogP contribution in [0.1, 0.15) is 23.2 Å². The largest absolute Gasteiger partial charge is 0.373 e. The quantitative estimate of drug-likeness (QED) is 0.395. The first kappa shape index (κ1) is 23.8. The van der Waals surface area contributed by atoms with Gasteiger partial charge < -0.3 is 9.64 Å². The van der Waals surface area contributed by atoms with Crippen LogP contribution in [0.2, 0.25) is 0 Å². The van der Waals surface area contributed by atoms with Crippen molar-refractivity contribution in [3.05, 3.63) is 75.6 Å². The third-order valence-electron chi connectivity index (χ3n) is 5.98. The van der Waals surface area contributed by atoms with Gasteiger partial charge in [0, 0.05) is 30.6 Å². The molecule has 0 amide bonds. The molecule has 8 nitrogen and oxygen atoms in total. The van der Waals surface area contributed by atoms with Gasteiger partial charge in [0.1, 0.15) is 41.3 Å². The van der Waals surface area contributed by atoms with Gasteiger partial charge in [-0.25, -0.2) is 23.7 Å². The summed E-state index contributed by atoms with van der Waals surface area (Å²) in [7, 11) is 1.48. The van der Waals surface area contributed by atoms with Crippen molar-refractivity contribution in [2.45, 2.75) is 26.1 Å². The Morgan fingerprint density at radius 2 is 1.83 bits per heavy atom. The number of aryl methyl sites for hydroxylation is 2. The molecular weight excluding hydrogens is 480 g/mol. The lowest BCUT2D eigenvalue weighted by Gasteiger charge is -2.37. The van der Waals surface area contributed by atoms with Crippen molar-refractivity contribution in [1.29, 1.82) is 0 Å². The number of rotatable bonds is 3.